The summed E-state index contributed by atoms with van der Waals surface area (Å²) in [4.78, 5) is 35.9. The molecule has 2 aromatic carbocycles. The number of piperazine rings is 1. The van der Waals surface area contributed by atoms with Crippen LogP contribution in [0.25, 0.3) is 10.9 Å². The Balaban J connectivity index is 1.34. The number of H-pyrrole nitrogens is 1. The Bertz CT molecular complexity index is 1320. The van der Waals surface area contributed by atoms with Crippen LogP contribution in [0.4, 0.5) is 4.39 Å². The Morgan fingerprint density at radius 2 is 1.79 bits per heavy atom. The molecule has 33 heavy (non-hydrogen) atoms. The summed E-state index contributed by atoms with van der Waals surface area (Å²) in [7, 11) is -3.95. The molecule has 1 aromatic heterocycles. The average Bonchev–Trinajstić information content (AvgIpc) is 2.79. The topological polar surface area (TPSA) is 115 Å². The number of para-hydroxylation sites is 1. The summed E-state index contributed by atoms with van der Waals surface area (Å²) < 4.78 is 40.4. The van der Waals surface area contributed by atoms with E-state index in [1.165, 1.54) is 6.92 Å². The molecule has 0 aliphatic carbocycles. The second kappa shape index (κ2) is 9.38. The number of fused-ring (bicyclic) bond motifs is 1. The van der Waals surface area contributed by atoms with E-state index in [0.29, 0.717) is 49.5 Å². The van der Waals surface area contributed by atoms with Gasteiger partial charge in [0.25, 0.3) is 5.56 Å². The number of carbonyl (C=O) groups excluding carboxylic acids is 1. The molecule has 1 amide bonds. The number of aromatic amines is 1. The van der Waals surface area contributed by atoms with Crippen molar-refractivity contribution in [2.75, 3.05) is 26.2 Å². The van der Waals surface area contributed by atoms with Gasteiger partial charge in [0.05, 0.1) is 28.4 Å². The summed E-state index contributed by atoms with van der Waals surface area (Å²) in [6, 6.07) is 10.6. The molecule has 1 fully saturated rings. The number of nitrogens with one attached hydrogen (secondary N) is 2. The Morgan fingerprint density at radius 1 is 1.12 bits per heavy atom. The molecule has 0 saturated carbocycles. The molecule has 0 radical (unpaired) electrons. The van der Waals surface area contributed by atoms with Gasteiger partial charge in [0.1, 0.15) is 11.6 Å². The third-order valence-corrected chi connectivity index (χ3v) is 7.10. The molecule has 174 valence electrons. The predicted molar refractivity (Wildman–Crippen MR) is 120 cm³/mol. The minimum Gasteiger partial charge on any atom is -0.339 e. The maximum atomic E-state index is 13.1. The maximum absolute atomic E-state index is 13.1. The molecule has 2 N–H and O–H groups in total. The first-order valence-electron chi connectivity index (χ1n) is 10.5. The lowest BCUT2D eigenvalue weighted by molar-refractivity contribution is -0.134. The fourth-order valence-corrected chi connectivity index (χ4v) is 4.98. The first kappa shape index (κ1) is 23.0. The van der Waals surface area contributed by atoms with Crippen LogP contribution in [-0.4, -0.2) is 66.3 Å². The van der Waals surface area contributed by atoms with Crippen molar-refractivity contribution in [2.24, 2.45) is 0 Å². The van der Waals surface area contributed by atoms with Crippen LogP contribution in [0.1, 0.15) is 12.7 Å². The van der Waals surface area contributed by atoms with E-state index in [2.05, 4.69) is 19.6 Å². The number of rotatable bonds is 6. The Morgan fingerprint density at radius 3 is 2.48 bits per heavy atom. The molecule has 1 saturated heterocycles. The first-order valence-corrected chi connectivity index (χ1v) is 12.0. The van der Waals surface area contributed by atoms with Crippen LogP contribution in [0.5, 0.6) is 0 Å². The minimum atomic E-state index is -3.95. The molecule has 1 aliphatic heterocycles. The predicted octanol–water partition coefficient (Wildman–Crippen LogP) is 1.07. The highest BCUT2D eigenvalue weighted by Gasteiger charge is 2.28. The molecular formula is C22H24FN5O4S. The largest absolute Gasteiger partial charge is 0.339 e. The number of hydrogen-bond acceptors (Lipinski definition) is 6. The van der Waals surface area contributed by atoms with Crippen molar-refractivity contribution >= 4 is 26.8 Å². The molecule has 0 spiro atoms. The van der Waals surface area contributed by atoms with Crippen molar-refractivity contribution in [1.29, 1.82) is 0 Å². The zero-order chi connectivity index (χ0) is 23.6. The van der Waals surface area contributed by atoms with Crippen molar-refractivity contribution in [2.45, 2.75) is 24.4 Å². The second-order valence-electron chi connectivity index (χ2n) is 7.93. The van der Waals surface area contributed by atoms with Crippen molar-refractivity contribution in [1.82, 2.24) is 24.5 Å². The van der Waals surface area contributed by atoms with E-state index in [4.69, 9.17) is 0 Å². The van der Waals surface area contributed by atoms with E-state index >= 15 is 0 Å². The van der Waals surface area contributed by atoms with Crippen LogP contribution in [-0.2, 0) is 21.4 Å². The highest BCUT2D eigenvalue weighted by Crippen LogP contribution is 2.13. The number of amides is 1. The average molecular weight is 474 g/mol. The second-order valence-corrected chi connectivity index (χ2v) is 9.64. The third-order valence-electron chi connectivity index (χ3n) is 5.55. The lowest BCUT2D eigenvalue weighted by Crippen LogP contribution is -2.54. The Labute approximate surface area is 190 Å². The number of hydrogen-bond donors (Lipinski definition) is 2. The van der Waals surface area contributed by atoms with E-state index < -0.39 is 21.9 Å². The number of nitrogens with zero attached hydrogens (tertiary/aromatic N) is 3. The van der Waals surface area contributed by atoms with Crippen molar-refractivity contribution in [3.05, 3.63) is 70.5 Å². The van der Waals surface area contributed by atoms with Gasteiger partial charge in [-0.05, 0) is 43.3 Å². The molecular weight excluding hydrogens is 449 g/mol. The van der Waals surface area contributed by atoms with Crippen molar-refractivity contribution < 1.29 is 17.6 Å². The van der Waals surface area contributed by atoms with Gasteiger partial charge in [0.15, 0.2) is 0 Å². The molecule has 9 nitrogen and oxygen atoms in total. The standard InChI is InChI=1S/C22H24FN5O4S/c1-15(26-33(31,32)17-8-6-16(23)7-9-17)22(30)28-12-10-27(11-13-28)14-20-24-19-5-3-2-4-18(19)21(29)25-20/h2-9,15,26H,10-14H2,1H3,(H,24,25,29)/t15-/m1/s1. The minimum absolute atomic E-state index is 0.106. The van der Waals surface area contributed by atoms with Gasteiger partial charge in [0.2, 0.25) is 15.9 Å². The van der Waals surface area contributed by atoms with Crippen LogP contribution in [0.2, 0.25) is 0 Å². The fourth-order valence-electron chi connectivity index (χ4n) is 3.79. The summed E-state index contributed by atoms with van der Waals surface area (Å²) in [6.07, 6.45) is 0. The number of carbonyl (C=O) groups is 1. The van der Waals surface area contributed by atoms with Crippen LogP contribution in [0.3, 0.4) is 0 Å². The molecule has 2 heterocycles. The van der Waals surface area contributed by atoms with Gasteiger partial charge >= 0.3 is 0 Å². The van der Waals surface area contributed by atoms with E-state index in [1.807, 2.05) is 6.07 Å². The zero-order valence-corrected chi connectivity index (χ0v) is 18.8. The van der Waals surface area contributed by atoms with Crippen LogP contribution in [0, 0.1) is 5.82 Å². The summed E-state index contributed by atoms with van der Waals surface area (Å²) in [5, 5.41) is 0.536. The summed E-state index contributed by atoms with van der Waals surface area (Å²) in [6.45, 7) is 3.87. The zero-order valence-electron chi connectivity index (χ0n) is 18.0. The smallest absolute Gasteiger partial charge is 0.258 e. The highest BCUT2D eigenvalue weighted by atomic mass is 32.2. The number of benzene rings is 2. The highest BCUT2D eigenvalue weighted by molar-refractivity contribution is 7.89. The molecule has 4 rings (SSSR count). The lowest BCUT2D eigenvalue weighted by Gasteiger charge is -2.35. The van der Waals surface area contributed by atoms with Gasteiger partial charge in [-0.25, -0.2) is 17.8 Å². The summed E-state index contributed by atoms with van der Waals surface area (Å²) in [5.74, 6) is -0.324. The SMILES string of the molecule is C[C@@H](NS(=O)(=O)c1ccc(F)cc1)C(=O)N1CCN(Cc2nc3ccccc3c(=O)[nH]2)CC1. The van der Waals surface area contributed by atoms with Gasteiger partial charge in [-0.3, -0.25) is 14.5 Å². The molecule has 11 heteroatoms. The summed E-state index contributed by atoms with van der Waals surface area (Å²) >= 11 is 0. The Hall–Kier alpha value is -3.15. The number of aromatic nitrogens is 2. The van der Waals surface area contributed by atoms with E-state index in [0.717, 1.165) is 24.3 Å². The lowest BCUT2D eigenvalue weighted by atomic mass is 10.2. The Kier molecular flexibility index (Phi) is 6.54. The molecule has 3 aromatic rings. The monoisotopic (exact) mass is 473 g/mol. The third kappa shape index (κ3) is 5.27. The normalized spacial score (nSPS) is 16.1. The van der Waals surface area contributed by atoms with Crippen LogP contribution < -0.4 is 10.3 Å². The van der Waals surface area contributed by atoms with Gasteiger partial charge in [-0.15, -0.1) is 0 Å². The van der Waals surface area contributed by atoms with Gasteiger partial charge < -0.3 is 9.88 Å². The molecule has 0 unspecified atom stereocenters. The van der Waals surface area contributed by atoms with Crippen molar-refractivity contribution in [3.63, 3.8) is 0 Å². The quantitative estimate of drug-likeness (QED) is 0.554. The van der Waals surface area contributed by atoms with Crippen LogP contribution >= 0.6 is 0 Å². The fraction of sp³-hybridized carbons (Fsp3) is 0.318. The van der Waals surface area contributed by atoms with Gasteiger partial charge in [0, 0.05) is 26.2 Å². The van der Waals surface area contributed by atoms with Crippen molar-refractivity contribution in [3.8, 4) is 0 Å². The first-order chi connectivity index (χ1) is 15.7. The van der Waals surface area contributed by atoms with E-state index in [9.17, 15) is 22.4 Å². The molecule has 1 atom stereocenters. The van der Waals surface area contributed by atoms with Gasteiger partial charge in [-0.1, -0.05) is 12.1 Å². The van der Waals surface area contributed by atoms with E-state index in [-0.39, 0.29) is 16.4 Å². The number of halogens is 1. The van der Waals surface area contributed by atoms with Crippen LogP contribution in [0.15, 0.2) is 58.2 Å². The molecule has 1 aliphatic rings. The van der Waals surface area contributed by atoms with E-state index in [1.54, 1.807) is 23.1 Å². The maximum Gasteiger partial charge on any atom is 0.258 e. The molecule has 0 bridgehead atoms. The van der Waals surface area contributed by atoms with Gasteiger partial charge in [-0.2, -0.15) is 4.72 Å². The summed E-state index contributed by atoms with van der Waals surface area (Å²) in [5.41, 5.74) is 0.444. The number of sulfonamides is 1.